The Bertz CT molecular complexity index is 1020. The van der Waals surface area contributed by atoms with Crippen LogP contribution in [0.3, 0.4) is 0 Å². The van der Waals surface area contributed by atoms with Gasteiger partial charge in [-0.15, -0.1) is 0 Å². The quantitative estimate of drug-likeness (QED) is 0.192. The number of methoxy groups -OCH3 is 1. The van der Waals surface area contributed by atoms with E-state index in [1.54, 1.807) is 61.3 Å². The van der Waals surface area contributed by atoms with Gasteiger partial charge in [0.05, 0.1) is 26.5 Å². The number of ether oxygens (including phenoxy) is 2. The maximum atomic E-state index is 12.8. The van der Waals surface area contributed by atoms with Crippen molar-refractivity contribution < 1.29 is 19.1 Å². The lowest BCUT2D eigenvalue weighted by molar-refractivity contribution is -0.138. The summed E-state index contributed by atoms with van der Waals surface area (Å²) in [7, 11) is 1.62. The Hall–Kier alpha value is -3.87. The Kier molecular flexibility index (Phi) is 7.00. The van der Waals surface area contributed by atoms with Crippen molar-refractivity contribution in [3.8, 4) is 5.75 Å². The van der Waals surface area contributed by atoms with Crippen molar-refractivity contribution in [1.29, 1.82) is 0 Å². The van der Waals surface area contributed by atoms with E-state index in [0.717, 1.165) is 11.3 Å². The summed E-state index contributed by atoms with van der Waals surface area (Å²) in [6, 6.07) is 18.0. The minimum Gasteiger partial charge on any atom is -0.497 e. The smallest absolute Gasteiger partial charge is 0.343 e. The third kappa shape index (κ3) is 5.14. The molecule has 0 aliphatic rings. The van der Waals surface area contributed by atoms with Crippen molar-refractivity contribution in [3.05, 3.63) is 89.8 Å². The highest BCUT2D eigenvalue weighted by molar-refractivity contribution is 6.24. The van der Waals surface area contributed by atoms with Crippen LogP contribution in [0.4, 0.5) is 5.82 Å². The van der Waals surface area contributed by atoms with Gasteiger partial charge in [0.2, 0.25) is 5.78 Å². The average Bonchev–Trinajstić information content (AvgIpc) is 3.22. The summed E-state index contributed by atoms with van der Waals surface area (Å²) in [4.78, 5) is 25.2. The Morgan fingerprint density at radius 2 is 1.80 bits per heavy atom. The Balaban J connectivity index is 1.81. The summed E-state index contributed by atoms with van der Waals surface area (Å²) >= 11 is 0. The van der Waals surface area contributed by atoms with Gasteiger partial charge in [0, 0.05) is 17.8 Å². The van der Waals surface area contributed by atoms with E-state index in [0.29, 0.717) is 17.9 Å². The number of ketones is 1. The SMILES string of the molecule is CCOC(=O)/C(=C/Nc1ccnn1Cc1ccc(OC)cc1)C(=O)c1ccccc1. The minimum absolute atomic E-state index is 0.0831. The lowest BCUT2D eigenvalue weighted by Gasteiger charge is -2.10. The van der Waals surface area contributed by atoms with Crippen molar-refractivity contribution >= 4 is 17.6 Å². The van der Waals surface area contributed by atoms with Gasteiger partial charge in [-0.3, -0.25) is 4.79 Å². The maximum absolute atomic E-state index is 12.8. The molecule has 0 fully saturated rings. The Morgan fingerprint density at radius 3 is 2.47 bits per heavy atom. The van der Waals surface area contributed by atoms with Crippen LogP contribution >= 0.6 is 0 Å². The number of anilines is 1. The summed E-state index contributed by atoms with van der Waals surface area (Å²) < 4.78 is 12.0. The van der Waals surface area contributed by atoms with Crippen LogP contribution in [-0.2, 0) is 16.1 Å². The van der Waals surface area contributed by atoms with Crippen LogP contribution in [0.15, 0.2) is 78.6 Å². The van der Waals surface area contributed by atoms with Crippen LogP contribution in [0.1, 0.15) is 22.8 Å². The molecule has 0 radical (unpaired) electrons. The molecule has 7 nitrogen and oxygen atoms in total. The highest BCUT2D eigenvalue weighted by Gasteiger charge is 2.21. The molecule has 0 aliphatic carbocycles. The van der Waals surface area contributed by atoms with E-state index in [4.69, 9.17) is 9.47 Å². The number of carbonyl (C=O) groups excluding carboxylic acids is 2. The summed E-state index contributed by atoms with van der Waals surface area (Å²) in [5, 5.41) is 7.33. The van der Waals surface area contributed by atoms with E-state index in [2.05, 4.69) is 10.4 Å². The van der Waals surface area contributed by atoms with Gasteiger partial charge in [0.15, 0.2) is 0 Å². The number of benzene rings is 2. The molecule has 1 aromatic heterocycles. The highest BCUT2D eigenvalue weighted by atomic mass is 16.5. The molecule has 1 heterocycles. The fraction of sp³-hybridized carbons (Fsp3) is 0.174. The molecule has 0 unspecified atom stereocenters. The van der Waals surface area contributed by atoms with E-state index in [1.807, 2.05) is 24.3 Å². The standard InChI is InChI=1S/C23H23N3O4/c1-3-30-23(28)20(22(27)18-7-5-4-6-8-18)15-24-21-13-14-25-26(21)16-17-9-11-19(29-2)12-10-17/h4-15,24H,3,16H2,1-2H3/b20-15+. The van der Waals surface area contributed by atoms with E-state index in [9.17, 15) is 9.59 Å². The van der Waals surface area contributed by atoms with Crippen molar-refractivity contribution in [3.63, 3.8) is 0 Å². The first kappa shape index (κ1) is 20.9. The van der Waals surface area contributed by atoms with Crippen LogP contribution in [0.25, 0.3) is 0 Å². The molecule has 3 aromatic rings. The summed E-state index contributed by atoms with van der Waals surface area (Å²) in [5.41, 5.74) is 1.35. The van der Waals surface area contributed by atoms with Crippen LogP contribution in [-0.4, -0.2) is 35.2 Å². The molecule has 3 rings (SSSR count). The summed E-state index contributed by atoms with van der Waals surface area (Å²) in [6.45, 7) is 2.38. The fourth-order valence-corrected chi connectivity index (χ4v) is 2.80. The highest BCUT2D eigenvalue weighted by Crippen LogP contribution is 2.16. The first-order valence-corrected chi connectivity index (χ1v) is 9.50. The monoisotopic (exact) mass is 405 g/mol. The second kappa shape index (κ2) is 10.1. The van der Waals surface area contributed by atoms with Crippen LogP contribution < -0.4 is 10.1 Å². The summed E-state index contributed by atoms with van der Waals surface area (Å²) in [5.74, 6) is 0.315. The van der Waals surface area contributed by atoms with Crippen molar-refractivity contribution in [2.45, 2.75) is 13.5 Å². The zero-order chi connectivity index (χ0) is 21.3. The topological polar surface area (TPSA) is 82.4 Å². The van der Waals surface area contributed by atoms with Crippen LogP contribution in [0.2, 0.25) is 0 Å². The zero-order valence-corrected chi connectivity index (χ0v) is 16.9. The van der Waals surface area contributed by atoms with Crippen LogP contribution in [0, 0.1) is 0 Å². The number of hydrogen-bond acceptors (Lipinski definition) is 6. The predicted molar refractivity (Wildman–Crippen MR) is 113 cm³/mol. The molecule has 0 atom stereocenters. The van der Waals surface area contributed by atoms with E-state index in [1.165, 1.54) is 6.20 Å². The molecule has 0 saturated carbocycles. The lowest BCUT2D eigenvalue weighted by Crippen LogP contribution is -2.18. The van der Waals surface area contributed by atoms with E-state index >= 15 is 0 Å². The third-order valence-electron chi connectivity index (χ3n) is 4.35. The lowest BCUT2D eigenvalue weighted by atomic mass is 10.0. The third-order valence-corrected chi connectivity index (χ3v) is 4.35. The van der Waals surface area contributed by atoms with Gasteiger partial charge in [-0.2, -0.15) is 5.10 Å². The molecule has 2 aromatic carbocycles. The second-order valence-corrected chi connectivity index (χ2v) is 6.34. The van der Waals surface area contributed by atoms with Crippen molar-refractivity contribution in [2.24, 2.45) is 0 Å². The van der Waals surface area contributed by atoms with Gasteiger partial charge in [-0.25, -0.2) is 9.48 Å². The number of carbonyl (C=O) groups is 2. The Morgan fingerprint density at radius 1 is 1.07 bits per heavy atom. The maximum Gasteiger partial charge on any atom is 0.343 e. The van der Waals surface area contributed by atoms with Gasteiger partial charge < -0.3 is 14.8 Å². The van der Waals surface area contributed by atoms with Gasteiger partial charge in [-0.05, 0) is 24.6 Å². The molecular weight excluding hydrogens is 382 g/mol. The number of Topliss-reactive ketones (excluding diaryl/α,β-unsaturated/α-hetero) is 1. The van der Waals surface area contributed by atoms with E-state index < -0.39 is 11.8 Å². The number of esters is 1. The summed E-state index contributed by atoms with van der Waals surface area (Å²) in [6.07, 6.45) is 3.01. The normalized spacial score (nSPS) is 11.1. The second-order valence-electron chi connectivity index (χ2n) is 6.34. The molecule has 30 heavy (non-hydrogen) atoms. The largest absolute Gasteiger partial charge is 0.497 e. The van der Waals surface area contributed by atoms with Gasteiger partial charge in [-0.1, -0.05) is 42.5 Å². The van der Waals surface area contributed by atoms with Crippen molar-refractivity contribution in [2.75, 3.05) is 19.0 Å². The van der Waals surface area contributed by atoms with Gasteiger partial charge >= 0.3 is 5.97 Å². The Labute approximate surface area is 174 Å². The van der Waals surface area contributed by atoms with Gasteiger partial charge in [0.1, 0.15) is 17.1 Å². The molecule has 0 saturated heterocycles. The molecule has 0 amide bonds. The predicted octanol–water partition coefficient (Wildman–Crippen LogP) is 3.68. The number of hydrogen-bond donors (Lipinski definition) is 1. The molecule has 7 heteroatoms. The fourth-order valence-electron chi connectivity index (χ4n) is 2.80. The molecule has 0 aliphatic heterocycles. The van der Waals surface area contributed by atoms with E-state index in [-0.39, 0.29) is 12.2 Å². The number of rotatable bonds is 9. The molecule has 0 spiro atoms. The number of nitrogens with zero attached hydrogens (tertiary/aromatic N) is 2. The zero-order valence-electron chi connectivity index (χ0n) is 16.9. The number of aromatic nitrogens is 2. The first-order chi connectivity index (χ1) is 14.6. The average molecular weight is 405 g/mol. The first-order valence-electron chi connectivity index (χ1n) is 9.50. The van der Waals surface area contributed by atoms with Crippen molar-refractivity contribution in [1.82, 2.24) is 9.78 Å². The molecule has 0 bridgehead atoms. The molecule has 154 valence electrons. The van der Waals surface area contributed by atoms with Gasteiger partial charge in [0.25, 0.3) is 0 Å². The number of nitrogens with one attached hydrogen (secondary N) is 1. The van der Waals surface area contributed by atoms with Crippen LogP contribution in [0.5, 0.6) is 5.75 Å². The molecular formula is C23H23N3O4. The minimum atomic E-state index is -0.680. The molecule has 1 N–H and O–H groups in total.